The van der Waals surface area contributed by atoms with E-state index in [1.54, 1.807) is 0 Å². The summed E-state index contributed by atoms with van der Waals surface area (Å²) in [6.45, 7) is 0. The van der Waals surface area contributed by atoms with E-state index in [1.165, 1.54) is 19.2 Å². The zero-order valence-electron chi connectivity index (χ0n) is 7.76. The van der Waals surface area contributed by atoms with E-state index in [-0.39, 0.29) is 11.4 Å². The fourth-order valence-electron chi connectivity index (χ4n) is 1.07. The van der Waals surface area contributed by atoms with Gasteiger partial charge in [-0.05, 0) is 12.1 Å². The number of carbonyl (C=O) groups is 1. The summed E-state index contributed by atoms with van der Waals surface area (Å²) in [5.41, 5.74) is 4.45. The monoisotopic (exact) mass is 219 g/mol. The molecule has 0 aliphatic carbocycles. The molecule has 82 valence electrons. The van der Waals surface area contributed by atoms with Crippen LogP contribution in [-0.4, -0.2) is 19.1 Å². The van der Waals surface area contributed by atoms with Gasteiger partial charge in [0.15, 0.2) is 0 Å². The van der Waals surface area contributed by atoms with Gasteiger partial charge in [0, 0.05) is 0 Å². The fourth-order valence-corrected chi connectivity index (χ4v) is 1.07. The van der Waals surface area contributed by atoms with Crippen LogP contribution in [-0.2, 0) is 0 Å². The molecule has 0 amide bonds. The number of ether oxygens (including phenoxy) is 1. The maximum atomic E-state index is 12.1. The number of halogens is 3. The molecule has 2 N–H and O–H groups in total. The first-order valence-electron chi connectivity index (χ1n) is 3.92. The highest BCUT2D eigenvalue weighted by Crippen LogP contribution is 2.30. The van der Waals surface area contributed by atoms with Crippen LogP contribution in [0.5, 0.6) is 5.75 Å². The summed E-state index contributed by atoms with van der Waals surface area (Å²) < 4.78 is 41.0. The third-order valence-corrected chi connectivity index (χ3v) is 1.79. The highest BCUT2D eigenvalue weighted by Gasteiger charge is 2.40. The molecule has 3 nitrogen and oxygen atoms in total. The van der Waals surface area contributed by atoms with Crippen LogP contribution in [0.1, 0.15) is 10.4 Å². The van der Waals surface area contributed by atoms with Crippen LogP contribution in [0.2, 0.25) is 0 Å². The van der Waals surface area contributed by atoms with Gasteiger partial charge in [-0.1, -0.05) is 6.07 Å². The number of carbonyl (C=O) groups excluding carboxylic acids is 1. The molecule has 0 unspecified atom stereocenters. The maximum absolute atomic E-state index is 12.1. The Morgan fingerprint density at radius 3 is 2.47 bits per heavy atom. The van der Waals surface area contributed by atoms with Gasteiger partial charge in [-0.15, -0.1) is 0 Å². The summed E-state index contributed by atoms with van der Waals surface area (Å²) in [5.74, 6) is -1.93. The van der Waals surface area contributed by atoms with E-state index in [4.69, 9.17) is 10.5 Å². The zero-order chi connectivity index (χ0) is 11.6. The van der Waals surface area contributed by atoms with E-state index in [0.29, 0.717) is 0 Å². The Balaban J connectivity index is 3.22. The van der Waals surface area contributed by atoms with Crippen LogP contribution < -0.4 is 10.5 Å². The largest absolute Gasteiger partial charge is 0.495 e. The van der Waals surface area contributed by atoms with Crippen LogP contribution in [0, 0.1) is 0 Å². The minimum atomic E-state index is -4.93. The van der Waals surface area contributed by atoms with E-state index in [2.05, 4.69) is 0 Å². The molecule has 0 atom stereocenters. The molecule has 1 aromatic rings. The number of anilines is 1. The summed E-state index contributed by atoms with van der Waals surface area (Å²) in [7, 11) is 1.26. The molecule has 1 rings (SSSR count). The van der Waals surface area contributed by atoms with Crippen LogP contribution >= 0.6 is 0 Å². The van der Waals surface area contributed by atoms with Crippen LogP contribution in [0.4, 0.5) is 18.9 Å². The quantitative estimate of drug-likeness (QED) is 0.611. The Bertz CT molecular complexity index is 387. The topological polar surface area (TPSA) is 52.3 Å². The number of rotatable bonds is 2. The molecule has 0 aliphatic heterocycles. The number of benzene rings is 1. The Morgan fingerprint density at radius 1 is 1.40 bits per heavy atom. The highest BCUT2D eigenvalue weighted by molar-refractivity contribution is 6.05. The second-order valence-corrected chi connectivity index (χ2v) is 2.75. The van der Waals surface area contributed by atoms with E-state index >= 15 is 0 Å². The van der Waals surface area contributed by atoms with Crippen LogP contribution in [0.3, 0.4) is 0 Å². The van der Waals surface area contributed by atoms with Crippen molar-refractivity contribution < 1.29 is 22.7 Å². The molecule has 0 radical (unpaired) electrons. The average Bonchev–Trinajstić information content (AvgIpc) is 2.16. The predicted octanol–water partition coefficient (Wildman–Crippen LogP) is 2.02. The molecule has 0 bridgehead atoms. The normalized spacial score (nSPS) is 11.2. The molecule has 0 aromatic heterocycles. The molecule has 0 saturated heterocycles. The summed E-state index contributed by atoms with van der Waals surface area (Å²) in [5, 5.41) is 0. The number of nitrogen functional groups attached to an aromatic ring is 1. The third-order valence-electron chi connectivity index (χ3n) is 1.79. The first-order chi connectivity index (χ1) is 6.88. The number of alkyl halides is 3. The van der Waals surface area contributed by atoms with E-state index in [9.17, 15) is 18.0 Å². The second kappa shape index (κ2) is 3.80. The van der Waals surface area contributed by atoms with Gasteiger partial charge in [0.1, 0.15) is 5.75 Å². The van der Waals surface area contributed by atoms with E-state index in [0.717, 1.165) is 6.07 Å². The lowest BCUT2D eigenvalue weighted by Gasteiger charge is -2.10. The second-order valence-electron chi connectivity index (χ2n) is 2.75. The van der Waals surface area contributed by atoms with Crippen molar-refractivity contribution in [2.75, 3.05) is 12.8 Å². The van der Waals surface area contributed by atoms with Crippen molar-refractivity contribution in [3.63, 3.8) is 0 Å². The number of ketones is 1. The Kier molecular flexibility index (Phi) is 2.88. The predicted molar refractivity (Wildman–Crippen MR) is 47.8 cm³/mol. The Hall–Kier alpha value is -1.72. The molecule has 0 aliphatic rings. The molecule has 15 heavy (non-hydrogen) atoms. The number of methoxy groups -OCH3 is 1. The van der Waals surface area contributed by atoms with Crippen molar-refractivity contribution in [2.24, 2.45) is 0 Å². The van der Waals surface area contributed by atoms with Crippen molar-refractivity contribution in [1.29, 1.82) is 0 Å². The van der Waals surface area contributed by atoms with Crippen molar-refractivity contribution in [3.05, 3.63) is 23.8 Å². The zero-order valence-corrected chi connectivity index (χ0v) is 7.76. The number of Topliss-reactive ketones (excluding diaryl/α,β-unsaturated/α-hetero) is 1. The number of hydrogen-bond donors (Lipinski definition) is 1. The third kappa shape index (κ3) is 2.20. The molecule has 1 aromatic carbocycles. The SMILES string of the molecule is COc1cccc(C(=O)C(F)(F)F)c1N. The van der Waals surface area contributed by atoms with Gasteiger partial charge in [0.25, 0.3) is 5.78 Å². The molecule has 0 fully saturated rings. The van der Waals surface area contributed by atoms with Crippen molar-refractivity contribution in [1.82, 2.24) is 0 Å². The molecule has 6 heteroatoms. The van der Waals surface area contributed by atoms with Gasteiger partial charge in [0.2, 0.25) is 0 Å². The van der Waals surface area contributed by atoms with E-state index < -0.39 is 17.5 Å². The maximum Gasteiger partial charge on any atom is 0.454 e. The fraction of sp³-hybridized carbons (Fsp3) is 0.222. The Labute approximate surface area is 83.6 Å². The van der Waals surface area contributed by atoms with Gasteiger partial charge in [-0.2, -0.15) is 13.2 Å². The standard InChI is InChI=1S/C9H8F3NO2/c1-15-6-4-2-3-5(7(6)13)8(14)9(10,11)12/h2-4H,13H2,1H3. The summed E-state index contributed by atoms with van der Waals surface area (Å²) in [4.78, 5) is 10.9. The van der Waals surface area contributed by atoms with Gasteiger partial charge < -0.3 is 10.5 Å². The highest BCUT2D eigenvalue weighted by atomic mass is 19.4. The molecular weight excluding hydrogens is 211 g/mol. The first-order valence-corrected chi connectivity index (χ1v) is 3.92. The van der Waals surface area contributed by atoms with Gasteiger partial charge in [-0.25, -0.2) is 0 Å². The van der Waals surface area contributed by atoms with Gasteiger partial charge >= 0.3 is 6.18 Å². The van der Waals surface area contributed by atoms with Crippen molar-refractivity contribution in [3.8, 4) is 5.75 Å². The number of hydrogen-bond acceptors (Lipinski definition) is 3. The smallest absolute Gasteiger partial charge is 0.454 e. The molecular formula is C9H8F3NO2. The lowest BCUT2D eigenvalue weighted by Crippen LogP contribution is -2.23. The first kappa shape index (κ1) is 11.4. The summed E-state index contributed by atoms with van der Waals surface area (Å²) in [6.07, 6.45) is -4.93. The summed E-state index contributed by atoms with van der Waals surface area (Å²) >= 11 is 0. The number of para-hydroxylation sites is 1. The lowest BCUT2D eigenvalue weighted by atomic mass is 10.1. The van der Waals surface area contributed by atoms with E-state index in [1.807, 2.05) is 0 Å². The van der Waals surface area contributed by atoms with Gasteiger partial charge in [-0.3, -0.25) is 4.79 Å². The minimum absolute atomic E-state index is 0.0464. The van der Waals surface area contributed by atoms with Crippen molar-refractivity contribution in [2.45, 2.75) is 6.18 Å². The average molecular weight is 219 g/mol. The number of nitrogens with two attached hydrogens (primary N) is 1. The minimum Gasteiger partial charge on any atom is -0.495 e. The molecule has 0 saturated carbocycles. The molecule has 0 spiro atoms. The van der Waals surface area contributed by atoms with Crippen LogP contribution in [0.25, 0.3) is 0 Å². The van der Waals surface area contributed by atoms with Crippen LogP contribution in [0.15, 0.2) is 18.2 Å². The summed E-state index contributed by atoms with van der Waals surface area (Å²) in [6, 6.07) is 3.66. The van der Waals surface area contributed by atoms with Crippen molar-refractivity contribution >= 4 is 11.5 Å². The lowest BCUT2D eigenvalue weighted by molar-refractivity contribution is -0.0884. The van der Waals surface area contributed by atoms with Gasteiger partial charge in [0.05, 0.1) is 18.4 Å². The molecule has 0 heterocycles. The Morgan fingerprint density at radius 2 is 2.00 bits per heavy atom.